The minimum absolute atomic E-state index is 0.612. The zero-order chi connectivity index (χ0) is 20.4. The first-order valence-electron chi connectivity index (χ1n) is 9.19. The third kappa shape index (κ3) is 3.69. The van der Waals surface area contributed by atoms with Gasteiger partial charge in [-0.2, -0.15) is 0 Å². The maximum atomic E-state index is 6.31. The Kier molecular flexibility index (Phi) is 4.99. The number of hydrogen-bond acceptors (Lipinski definition) is 6. The van der Waals surface area contributed by atoms with Gasteiger partial charge in [-0.1, -0.05) is 6.07 Å². The molecule has 0 unspecified atom stereocenters. The molecule has 0 atom stereocenters. The van der Waals surface area contributed by atoms with E-state index in [4.69, 9.17) is 14.2 Å². The summed E-state index contributed by atoms with van der Waals surface area (Å²) in [6, 6.07) is 15.2. The van der Waals surface area contributed by atoms with Crippen molar-refractivity contribution in [3.05, 3.63) is 66.1 Å². The molecule has 0 saturated heterocycles. The van der Waals surface area contributed by atoms with Crippen LogP contribution in [0.4, 0.5) is 0 Å². The Morgan fingerprint density at radius 2 is 1.48 bits per heavy atom. The third-order valence-corrected chi connectivity index (χ3v) is 4.56. The van der Waals surface area contributed by atoms with Gasteiger partial charge in [0.25, 0.3) is 0 Å². The maximum Gasteiger partial charge on any atom is 0.162 e. The number of hydrogen-bond donors (Lipinski definition) is 0. The van der Waals surface area contributed by atoms with Crippen LogP contribution in [0.25, 0.3) is 22.3 Å². The summed E-state index contributed by atoms with van der Waals surface area (Å²) in [4.78, 5) is 13.7. The monoisotopic (exact) mass is 387 g/mol. The molecule has 29 heavy (non-hydrogen) atoms. The molecule has 0 aliphatic rings. The van der Waals surface area contributed by atoms with Gasteiger partial charge >= 0.3 is 0 Å². The topological polar surface area (TPSA) is 66.4 Å². The number of aromatic nitrogens is 3. The van der Waals surface area contributed by atoms with Gasteiger partial charge in [0.1, 0.15) is 11.4 Å². The highest BCUT2D eigenvalue weighted by molar-refractivity contribution is 5.88. The van der Waals surface area contributed by atoms with Crippen molar-refractivity contribution in [3.8, 4) is 34.4 Å². The molecule has 0 radical (unpaired) electrons. The highest BCUT2D eigenvalue weighted by Crippen LogP contribution is 2.38. The fourth-order valence-electron chi connectivity index (χ4n) is 3.14. The molecular weight excluding hydrogens is 366 g/mol. The Morgan fingerprint density at radius 1 is 0.724 bits per heavy atom. The fraction of sp³-hybridized carbons (Fsp3) is 0.174. The molecule has 0 bridgehead atoms. The molecule has 6 nitrogen and oxygen atoms in total. The van der Waals surface area contributed by atoms with Crippen molar-refractivity contribution in [1.82, 2.24) is 15.0 Å². The van der Waals surface area contributed by atoms with E-state index in [0.717, 1.165) is 28.0 Å². The molecule has 0 aliphatic carbocycles. The van der Waals surface area contributed by atoms with E-state index in [1.807, 2.05) is 62.4 Å². The zero-order valence-electron chi connectivity index (χ0n) is 16.8. The molecule has 6 heteroatoms. The number of methoxy groups -OCH3 is 2. The summed E-state index contributed by atoms with van der Waals surface area (Å²) in [5.74, 6) is 2.50. The molecule has 0 fully saturated rings. The normalized spacial score (nSPS) is 10.8. The Hall–Kier alpha value is -3.67. The predicted octanol–water partition coefficient (Wildman–Crippen LogP) is 5.12. The first kappa shape index (κ1) is 18.7. The fourth-order valence-corrected chi connectivity index (χ4v) is 3.14. The molecule has 0 amide bonds. The lowest BCUT2D eigenvalue weighted by atomic mass is 10.1. The number of nitrogens with zero attached hydrogens (tertiary/aromatic N) is 3. The second-order valence-electron chi connectivity index (χ2n) is 6.60. The van der Waals surface area contributed by atoms with Crippen molar-refractivity contribution >= 4 is 10.9 Å². The predicted molar refractivity (Wildman–Crippen MR) is 112 cm³/mol. The summed E-state index contributed by atoms with van der Waals surface area (Å²) < 4.78 is 17.1. The Labute approximate surface area is 169 Å². The van der Waals surface area contributed by atoms with Crippen molar-refractivity contribution in [1.29, 1.82) is 0 Å². The van der Waals surface area contributed by atoms with Crippen LogP contribution in [-0.4, -0.2) is 29.2 Å². The van der Waals surface area contributed by atoms with Gasteiger partial charge in [0, 0.05) is 29.0 Å². The van der Waals surface area contributed by atoms with E-state index in [0.29, 0.717) is 28.7 Å². The van der Waals surface area contributed by atoms with Gasteiger partial charge in [-0.15, -0.1) is 0 Å². The Bertz CT molecular complexity index is 1190. The summed E-state index contributed by atoms with van der Waals surface area (Å²) in [5, 5.41) is 0.814. The van der Waals surface area contributed by atoms with Crippen LogP contribution < -0.4 is 14.2 Å². The second-order valence-corrected chi connectivity index (χ2v) is 6.60. The number of benzene rings is 1. The number of pyridine rings is 3. The quantitative estimate of drug-likeness (QED) is 0.474. The van der Waals surface area contributed by atoms with Gasteiger partial charge < -0.3 is 14.2 Å². The van der Waals surface area contributed by atoms with Crippen molar-refractivity contribution in [2.24, 2.45) is 0 Å². The summed E-state index contributed by atoms with van der Waals surface area (Å²) >= 11 is 0. The Morgan fingerprint density at radius 3 is 2.24 bits per heavy atom. The number of ether oxygens (including phenoxy) is 3. The Balaban J connectivity index is 1.84. The molecule has 0 spiro atoms. The largest absolute Gasteiger partial charge is 0.493 e. The van der Waals surface area contributed by atoms with Crippen LogP contribution >= 0.6 is 0 Å². The van der Waals surface area contributed by atoms with Crippen LogP contribution in [0.1, 0.15) is 11.4 Å². The molecule has 0 N–H and O–H groups in total. The lowest BCUT2D eigenvalue weighted by Crippen LogP contribution is -1.97. The summed E-state index contributed by atoms with van der Waals surface area (Å²) in [6.45, 7) is 3.90. The SMILES string of the molecule is COc1cc2nccc(Oc3ccc(C)nc3-c3cccc(C)n3)c2cc1OC. The van der Waals surface area contributed by atoms with E-state index in [2.05, 4.69) is 15.0 Å². The smallest absolute Gasteiger partial charge is 0.162 e. The highest BCUT2D eigenvalue weighted by atomic mass is 16.5. The van der Waals surface area contributed by atoms with Crippen LogP contribution in [0, 0.1) is 13.8 Å². The minimum atomic E-state index is 0.612. The molecule has 0 aliphatic heterocycles. The van der Waals surface area contributed by atoms with E-state index in [1.54, 1.807) is 20.4 Å². The average Bonchev–Trinajstić information content (AvgIpc) is 2.74. The van der Waals surface area contributed by atoms with Crippen LogP contribution in [0.3, 0.4) is 0 Å². The summed E-state index contributed by atoms with van der Waals surface area (Å²) in [5.41, 5.74) is 4.01. The molecule has 0 saturated carbocycles. The molecule has 1 aromatic carbocycles. The lowest BCUT2D eigenvalue weighted by molar-refractivity contribution is 0.355. The van der Waals surface area contributed by atoms with Crippen LogP contribution in [0.2, 0.25) is 0 Å². The van der Waals surface area contributed by atoms with Crippen molar-refractivity contribution in [2.75, 3.05) is 14.2 Å². The van der Waals surface area contributed by atoms with Crippen molar-refractivity contribution in [3.63, 3.8) is 0 Å². The van der Waals surface area contributed by atoms with E-state index in [1.165, 1.54) is 0 Å². The molecule has 3 heterocycles. The summed E-state index contributed by atoms with van der Waals surface area (Å²) in [6.07, 6.45) is 1.70. The zero-order valence-corrected chi connectivity index (χ0v) is 16.8. The summed E-state index contributed by atoms with van der Waals surface area (Å²) in [7, 11) is 3.20. The minimum Gasteiger partial charge on any atom is -0.493 e. The molecule has 3 aromatic heterocycles. The first-order chi connectivity index (χ1) is 14.1. The van der Waals surface area contributed by atoms with Gasteiger partial charge in [0.05, 0.1) is 25.4 Å². The van der Waals surface area contributed by atoms with Gasteiger partial charge in [0.2, 0.25) is 0 Å². The van der Waals surface area contributed by atoms with Crippen LogP contribution in [-0.2, 0) is 0 Å². The molecular formula is C23H21N3O3. The number of rotatable bonds is 5. The van der Waals surface area contributed by atoms with Gasteiger partial charge in [-0.25, -0.2) is 4.98 Å². The molecule has 4 aromatic rings. The van der Waals surface area contributed by atoms with E-state index < -0.39 is 0 Å². The van der Waals surface area contributed by atoms with Crippen molar-refractivity contribution in [2.45, 2.75) is 13.8 Å². The van der Waals surface area contributed by atoms with Gasteiger partial charge in [-0.05, 0) is 50.2 Å². The second kappa shape index (κ2) is 7.75. The van der Waals surface area contributed by atoms with Crippen molar-refractivity contribution < 1.29 is 14.2 Å². The highest BCUT2D eigenvalue weighted by Gasteiger charge is 2.15. The number of aryl methyl sites for hydroxylation is 2. The standard InChI is InChI=1S/C23H21N3O3/c1-14-6-5-7-17(25-14)23-20(9-8-15(2)26-23)29-19-10-11-24-18-13-22(28-4)21(27-3)12-16(18)19/h5-13H,1-4H3. The van der Waals surface area contributed by atoms with Crippen LogP contribution in [0.15, 0.2) is 54.7 Å². The van der Waals surface area contributed by atoms with Crippen LogP contribution in [0.5, 0.6) is 23.0 Å². The third-order valence-electron chi connectivity index (χ3n) is 4.56. The first-order valence-corrected chi connectivity index (χ1v) is 9.19. The lowest BCUT2D eigenvalue weighted by Gasteiger charge is -2.14. The van der Waals surface area contributed by atoms with Gasteiger partial charge in [-0.3, -0.25) is 9.97 Å². The molecule has 146 valence electrons. The molecule has 4 rings (SSSR count). The van der Waals surface area contributed by atoms with Gasteiger partial charge in [0.15, 0.2) is 17.2 Å². The maximum absolute atomic E-state index is 6.31. The number of fused-ring (bicyclic) bond motifs is 1. The van der Waals surface area contributed by atoms with E-state index in [9.17, 15) is 0 Å². The average molecular weight is 387 g/mol. The van der Waals surface area contributed by atoms with E-state index in [-0.39, 0.29) is 0 Å². The van der Waals surface area contributed by atoms with E-state index >= 15 is 0 Å².